The molecule has 0 aliphatic heterocycles. The fraction of sp³-hybridized carbons (Fsp3) is 0.316. The van der Waals surface area contributed by atoms with Crippen molar-refractivity contribution in [3.05, 3.63) is 64.5 Å². The number of carbonyl (C=O) groups is 1. The van der Waals surface area contributed by atoms with Gasteiger partial charge in [-0.2, -0.15) is 0 Å². The second-order valence-corrected chi connectivity index (χ2v) is 5.93. The summed E-state index contributed by atoms with van der Waals surface area (Å²) in [6, 6.07) is 7.56. The second-order valence-electron chi connectivity index (χ2n) is 5.93. The summed E-state index contributed by atoms with van der Waals surface area (Å²) in [5.41, 5.74) is 1.96. The Morgan fingerprint density at radius 2 is 1.84 bits per heavy atom. The zero-order valence-corrected chi connectivity index (χ0v) is 13.6. The van der Waals surface area contributed by atoms with Gasteiger partial charge in [-0.15, -0.1) is 0 Å². The molecule has 0 bridgehead atoms. The minimum absolute atomic E-state index is 0.126. The molecule has 0 radical (unpaired) electrons. The van der Waals surface area contributed by atoms with Crippen molar-refractivity contribution in [3.63, 3.8) is 0 Å². The number of benzene rings is 2. The highest BCUT2D eigenvalue weighted by atomic mass is 19.2. The zero-order chi connectivity index (χ0) is 17.8. The van der Waals surface area contributed by atoms with E-state index in [4.69, 9.17) is 4.74 Å². The standard InChI is InChI=1S/C19H18F3NO2/c20-15-9-8-14(17(21)18(15)22)19(24)23-10-11-25-16-7-3-5-12-4-1-2-6-13(12)16/h3,5,7-9H,1-2,4,6,10-11H2,(H,23,24). The van der Waals surface area contributed by atoms with Crippen molar-refractivity contribution in [3.8, 4) is 5.75 Å². The number of aryl methyl sites for hydroxylation is 1. The van der Waals surface area contributed by atoms with E-state index in [0.29, 0.717) is 0 Å². The minimum Gasteiger partial charge on any atom is -0.491 e. The molecule has 0 aromatic heterocycles. The Bertz CT molecular complexity index is 792. The van der Waals surface area contributed by atoms with Crippen LogP contribution >= 0.6 is 0 Å². The van der Waals surface area contributed by atoms with Gasteiger partial charge < -0.3 is 10.1 Å². The van der Waals surface area contributed by atoms with Crippen LogP contribution in [-0.4, -0.2) is 19.1 Å². The molecule has 25 heavy (non-hydrogen) atoms. The van der Waals surface area contributed by atoms with Crippen molar-refractivity contribution in [1.29, 1.82) is 0 Å². The lowest BCUT2D eigenvalue weighted by Crippen LogP contribution is -2.29. The molecule has 2 aromatic rings. The molecule has 3 rings (SSSR count). The molecule has 0 heterocycles. The highest BCUT2D eigenvalue weighted by Crippen LogP contribution is 2.29. The van der Waals surface area contributed by atoms with Gasteiger partial charge >= 0.3 is 0 Å². The summed E-state index contributed by atoms with van der Waals surface area (Å²) in [7, 11) is 0. The average Bonchev–Trinajstić information content (AvgIpc) is 2.63. The van der Waals surface area contributed by atoms with Crippen LogP contribution in [0.25, 0.3) is 0 Å². The molecule has 3 nitrogen and oxygen atoms in total. The second kappa shape index (κ2) is 7.59. The summed E-state index contributed by atoms with van der Waals surface area (Å²) in [4.78, 5) is 11.9. The third-order valence-corrected chi connectivity index (χ3v) is 4.28. The molecular weight excluding hydrogens is 331 g/mol. The Balaban J connectivity index is 1.56. The number of ether oxygens (including phenoxy) is 1. The van der Waals surface area contributed by atoms with E-state index < -0.39 is 28.9 Å². The van der Waals surface area contributed by atoms with Gasteiger partial charge in [0.2, 0.25) is 0 Å². The topological polar surface area (TPSA) is 38.3 Å². The van der Waals surface area contributed by atoms with Crippen LogP contribution in [0.2, 0.25) is 0 Å². The van der Waals surface area contributed by atoms with Crippen LogP contribution < -0.4 is 10.1 Å². The van der Waals surface area contributed by atoms with Gasteiger partial charge in [-0.1, -0.05) is 12.1 Å². The van der Waals surface area contributed by atoms with E-state index in [2.05, 4.69) is 11.4 Å². The quantitative estimate of drug-likeness (QED) is 0.659. The first-order valence-electron chi connectivity index (χ1n) is 8.23. The molecule has 1 N–H and O–H groups in total. The Morgan fingerprint density at radius 1 is 1.04 bits per heavy atom. The summed E-state index contributed by atoms with van der Waals surface area (Å²) >= 11 is 0. The molecule has 1 aliphatic carbocycles. The molecule has 0 saturated heterocycles. The third kappa shape index (κ3) is 3.78. The number of nitrogens with one attached hydrogen (secondary N) is 1. The molecule has 0 fully saturated rings. The first kappa shape index (κ1) is 17.3. The van der Waals surface area contributed by atoms with Crippen molar-refractivity contribution >= 4 is 5.91 Å². The highest BCUT2D eigenvalue weighted by molar-refractivity contribution is 5.94. The van der Waals surface area contributed by atoms with Crippen LogP contribution in [0.5, 0.6) is 5.75 Å². The van der Waals surface area contributed by atoms with Crippen LogP contribution in [-0.2, 0) is 12.8 Å². The van der Waals surface area contributed by atoms with Gasteiger partial charge in [-0.3, -0.25) is 4.79 Å². The van der Waals surface area contributed by atoms with Gasteiger partial charge in [0.25, 0.3) is 5.91 Å². The van der Waals surface area contributed by atoms with Gasteiger partial charge in [-0.25, -0.2) is 13.2 Å². The molecule has 132 valence electrons. The lowest BCUT2D eigenvalue weighted by molar-refractivity contribution is 0.0941. The van der Waals surface area contributed by atoms with Crippen molar-refractivity contribution < 1.29 is 22.7 Å². The monoisotopic (exact) mass is 349 g/mol. The smallest absolute Gasteiger partial charge is 0.254 e. The van der Waals surface area contributed by atoms with E-state index in [9.17, 15) is 18.0 Å². The molecule has 2 aromatic carbocycles. The average molecular weight is 349 g/mol. The maximum absolute atomic E-state index is 13.6. The van der Waals surface area contributed by atoms with E-state index in [1.807, 2.05) is 12.1 Å². The highest BCUT2D eigenvalue weighted by Gasteiger charge is 2.18. The Morgan fingerprint density at radius 3 is 2.68 bits per heavy atom. The summed E-state index contributed by atoms with van der Waals surface area (Å²) < 4.78 is 45.3. The van der Waals surface area contributed by atoms with Gasteiger partial charge in [0, 0.05) is 0 Å². The Labute approximate surface area is 143 Å². The lowest BCUT2D eigenvalue weighted by atomic mass is 9.91. The van der Waals surface area contributed by atoms with Gasteiger partial charge in [-0.05, 0) is 55.0 Å². The predicted octanol–water partition coefficient (Wildman–Crippen LogP) is 3.79. The number of hydrogen-bond donors (Lipinski definition) is 1. The van der Waals surface area contributed by atoms with E-state index >= 15 is 0 Å². The molecule has 1 amide bonds. The molecule has 0 atom stereocenters. The Hall–Kier alpha value is -2.50. The zero-order valence-electron chi connectivity index (χ0n) is 13.6. The molecule has 0 spiro atoms. The van der Waals surface area contributed by atoms with Gasteiger partial charge in [0.15, 0.2) is 17.5 Å². The first-order valence-corrected chi connectivity index (χ1v) is 8.23. The molecular formula is C19H18F3NO2. The molecule has 1 aliphatic rings. The fourth-order valence-electron chi connectivity index (χ4n) is 3.00. The van der Waals surface area contributed by atoms with Crippen molar-refractivity contribution in [2.45, 2.75) is 25.7 Å². The normalized spacial score (nSPS) is 13.2. The summed E-state index contributed by atoms with van der Waals surface area (Å²) in [6.45, 7) is 0.328. The Kier molecular flexibility index (Phi) is 5.26. The van der Waals surface area contributed by atoms with Crippen LogP contribution in [0.3, 0.4) is 0 Å². The fourth-order valence-corrected chi connectivity index (χ4v) is 3.00. The maximum Gasteiger partial charge on any atom is 0.254 e. The number of halogens is 3. The summed E-state index contributed by atoms with van der Waals surface area (Å²) in [5, 5.41) is 2.44. The van der Waals surface area contributed by atoms with Crippen LogP contribution in [0.15, 0.2) is 30.3 Å². The number of rotatable bonds is 5. The lowest BCUT2D eigenvalue weighted by Gasteiger charge is -2.19. The number of fused-ring (bicyclic) bond motifs is 1. The van der Waals surface area contributed by atoms with E-state index in [1.54, 1.807) is 0 Å². The van der Waals surface area contributed by atoms with Gasteiger partial charge in [0.05, 0.1) is 12.1 Å². The summed E-state index contributed by atoms with van der Waals surface area (Å²) in [6.07, 6.45) is 4.31. The van der Waals surface area contributed by atoms with E-state index in [0.717, 1.165) is 37.1 Å². The predicted molar refractivity (Wildman–Crippen MR) is 87.2 cm³/mol. The van der Waals surface area contributed by atoms with E-state index in [1.165, 1.54) is 17.5 Å². The third-order valence-electron chi connectivity index (χ3n) is 4.28. The van der Waals surface area contributed by atoms with Crippen molar-refractivity contribution in [1.82, 2.24) is 5.32 Å². The number of carbonyl (C=O) groups excluding carboxylic acids is 1. The van der Waals surface area contributed by atoms with Gasteiger partial charge in [0.1, 0.15) is 12.4 Å². The maximum atomic E-state index is 13.6. The summed E-state index contributed by atoms with van der Waals surface area (Å²) in [5.74, 6) is -4.48. The largest absolute Gasteiger partial charge is 0.491 e. The minimum atomic E-state index is -1.65. The van der Waals surface area contributed by atoms with Crippen LogP contribution in [0.1, 0.15) is 34.3 Å². The van der Waals surface area contributed by atoms with Crippen molar-refractivity contribution in [2.24, 2.45) is 0 Å². The molecule has 0 saturated carbocycles. The molecule has 0 unspecified atom stereocenters. The van der Waals surface area contributed by atoms with Crippen molar-refractivity contribution in [2.75, 3.05) is 13.2 Å². The number of hydrogen-bond acceptors (Lipinski definition) is 2. The van der Waals surface area contributed by atoms with Crippen LogP contribution in [0, 0.1) is 17.5 Å². The first-order chi connectivity index (χ1) is 12.1. The number of amides is 1. The van der Waals surface area contributed by atoms with E-state index in [-0.39, 0.29) is 13.2 Å². The SMILES string of the molecule is O=C(NCCOc1cccc2c1CCCC2)c1ccc(F)c(F)c1F. The molecule has 6 heteroatoms. The van der Waals surface area contributed by atoms with Crippen LogP contribution in [0.4, 0.5) is 13.2 Å².